The Morgan fingerprint density at radius 3 is 2.58 bits per heavy atom. The number of pyridine rings is 1. The number of fused-ring (bicyclic) bond motifs is 2. The minimum absolute atomic E-state index is 0.151. The van der Waals surface area contributed by atoms with Crippen molar-refractivity contribution < 1.29 is 18.8 Å². The maximum Gasteiger partial charge on any atom is 0.287 e. The molecule has 0 amide bonds. The first kappa shape index (κ1) is 27.1. The van der Waals surface area contributed by atoms with Gasteiger partial charge in [0.2, 0.25) is 11.7 Å². The summed E-state index contributed by atoms with van der Waals surface area (Å²) in [5.41, 5.74) is 1.85. The SMILES string of the molecule is COc1cccc2oc(-c3nc4ccccc4c(=O)n3N=Cc3ccc(N(C)C)cc3Oc3ccc([N+](=O)[O-])cn3)cc12. The topological polar surface area (TPSA) is 138 Å². The summed E-state index contributed by atoms with van der Waals surface area (Å²) >= 11 is 0. The molecule has 0 saturated carbocycles. The molecule has 0 saturated heterocycles. The van der Waals surface area contributed by atoms with Crippen molar-refractivity contribution in [2.45, 2.75) is 0 Å². The van der Waals surface area contributed by atoms with Gasteiger partial charge in [-0.3, -0.25) is 14.9 Å². The lowest BCUT2D eigenvalue weighted by Crippen LogP contribution is -2.20. The van der Waals surface area contributed by atoms with Crippen molar-refractivity contribution in [3.05, 3.63) is 111 Å². The van der Waals surface area contributed by atoms with Crippen LogP contribution in [0.3, 0.4) is 0 Å². The summed E-state index contributed by atoms with van der Waals surface area (Å²) in [4.78, 5) is 34.9. The molecular formula is C31H24N6O6. The zero-order valence-corrected chi connectivity index (χ0v) is 23.3. The van der Waals surface area contributed by atoms with Gasteiger partial charge in [0.05, 0.1) is 34.5 Å². The molecule has 0 N–H and O–H groups in total. The summed E-state index contributed by atoms with van der Waals surface area (Å²) < 4.78 is 18.8. The lowest BCUT2D eigenvalue weighted by Gasteiger charge is -2.15. The molecule has 0 spiro atoms. The monoisotopic (exact) mass is 576 g/mol. The summed E-state index contributed by atoms with van der Waals surface area (Å²) in [6.07, 6.45) is 2.60. The first-order valence-electron chi connectivity index (χ1n) is 13.0. The molecule has 43 heavy (non-hydrogen) atoms. The minimum Gasteiger partial charge on any atom is -0.496 e. The van der Waals surface area contributed by atoms with E-state index in [1.807, 2.05) is 37.2 Å². The summed E-state index contributed by atoms with van der Waals surface area (Å²) in [7, 11) is 5.33. The molecule has 0 aliphatic heterocycles. The molecule has 0 aliphatic carbocycles. The Morgan fingerprint density at radius 2 is 1.84 bits per heavy atom. The van der Waals surface area contributed by atoms with Crippen molar-refractivity contribution in [1.29, 1.82) is 0 Å². The van der Waals surface area contributed by atoms with Gasteiger partial charge in [-0.25, -0.2) is 9.97 Å². The number of ether oxygens (including phenoxy) is 2. The molecule has 0 radical (unpaired) electrons. The van der Waals surface area contributed by atoms with Crippen molar-refractivity contribution in [2.75, 3.05) is 26.1 Å². The molecule has 3 aromatic heterocycles. The van der Waals surface area contributed by atoms with Crippen molar-refractivity contribution in [1.82, 2.24) is 14.6 Å². The first-order valence-corrected chi connectivity index (χ1v) is 13.0. The first-order chi connectivity index (χ1) is 20.8. The van der Waals surface area contributed by atoms with E-state index in [1.54, 1.807) is 55.6 Å². The Morgan fingerprint density at radius 1 is 1.00 bits per heavy atom. The highest BCUT2D eigenvalue weighted by Crippen LogP contribution is 2.33. The van der Waals surface area contributed by atoms with E-state index in [2.05, 4.69) is 10.1 Å². The number of nitro groups is 1. The molecule has 0 atom stereocenters. The third-order valence-corrected chi connectivity index (χ3v) is 6.69. The van der Waals surface area contributed by atoms with Gasteiger partial charge in [-0.15, -0.1) is 0 Å². The minimum atomic E-state index is -0.535. The largest absolute Gasteiger partial charge is 0.496 e. The summed E-state index contributed by atoms with van der Waals surface area (Å²) in [6, 6.07) is 22.3. The van der Waals surface area contributed by atoms with Crippen molar-refractivity contribution >= 4 is 39.5 Å². The number of methoxy groups -OCH3 is 1. The molecule has 3 heterocycles. The van der Waals surface area contributed by atoms with Crippen LogP contribution in [-0.2, 0) is 0 Å². The Kier molecular flexibility index (Phi) is 7.00. The number of hydrogen-bond donors (Lipinski definition) is 0. The number of rotatable bonds is 8. The normalized spacial score (nSPS) is 11.3. The van der Waals surface area contributed by atoms with Gasteiger partial charge in [0, 0.05) is 43.5 Å². The fourth-order valence-corrected chi connectivity index (χ4v) is 4.48. The van der Waals surface area contributed by atoms with Crippen LogP contribution in [0.2, 0.25) is 0 Å². The number of furan rings is 1. The predicted molar refractivity (Wildman–Crippen MR) is 162 cm³/mol. The molecule has 12 heteroatoms. The molecule has 0 bridgehead atoms. The Bertz CT molecular complexity index is 2080. The average Bonchev–Trinajstić information content (AvgIpc) is 3.46. The van der Waals surface area contributed by atoms with Crippen LogP contribution in [0.15, 0.2) is 99.4 Å². The molecule has 12 nitrogen and oxygen atoms in total. The smallest absolute Gasteiger partial charge is 0.287 e. The zero-order valence-electron chi connectivity index (χ0n) is 23.3. The molecule has 0 unspecified atom stereocenters. The van der Waals surface area contributed by atoms with Crippen LogP contribution in [0.4, 0.5) is 11.4 Å². The van der Waals surface area contributed by atoms with E-state index < -0.39 is 10.5 Å². The van der Waals surface area contributed by atoms with Crippen LogP contribution in [0.25, 0.3) is 33.5 Å². The summed E-state index contributed by atoms with van der Waals surface area (Å²) in [5, 5.41) is 16.7. The number of aromatic nitrogens is 3. The molecule has 3 aromatic carbocycles. The van der Waals surface area contributed by atoms with Crippen LogP contribution in [-0.4, -0.2) is 47.0 Å². The van der Waals surface area contributed by atoms with Crippen LogP contribution < -0.4 is 19.9 Å². The number of para-hydroxylation sites is 1. The van der Waals surface area contributed by atoms with Gasteiger partial charge in [0.1, 0.15) is 23.3 Å². The van der Waals surface area contributed by atoms with Gasteiger partial charge in [0.25, 0.3) is 11.2 Å². The van der Waals surface area contributed by atoms with Gasteiger partial charge >= 0.3 is 0 Å². The number of benzene rings is 3. The highest BCUT2D eigenvalue weighted by atomic mass is 16.6. The summed E-state index contributed by atoms with van der Waals surface area (Å²) in [6.45, 7) is 0. The third-order valence-electron chi connectivity index (χ3n) is 6.69. The molecular weight excluding hydrogens is 552 g/mol. The highest BCUT2D eigenvalue weighted by Gasteiger charge is 2.18. The standard InChI is InChI=1S/C31H24N6O6/c1-35(2)20-12-11-19(27(15-20)43-29-14-13-21(18-32-29)37(39)40)17-33-36-30(34-24-8-5-4-7-22(24)31(36)38)28-16-23-25(41-3)9-6-10-26(23)42-28/h4-18H,1-3H3. The van der Waals surface area contributed by atoms with Crippen LogP contribution in [0.5, 0.6) is 17.4 Å². The van der Waals surface area contributed by atoms with Gasteiger partial charge < -0.3 is 18.8 Å². The van der Waals surface area contributed by atoms with Crippen LogP contribution in [0.1, 0.15) is 5.56 Å². The lowest BCUT2D eigenvalue weighted by molar-refractivity contribution is -0.385. The van der Waals surface area contributed by atoms with E-state index in [9.17, 15) is 14.9 Å². The van der Waals surface area contributed by atoms with E-state index in [4.69, 9.17) is 18.9 Å². The molecule has 0 aliphatic rings. The quantitative estimate of drug-likeness (QED) is 0.124. The Hall–Kier alpha value is -6.04. The fraction of sp³-hybridized carbons (Fsp3) is 0.0968. The van der Waals surface area contributed by atoms with Gasteiger partial charge in [-0.1, -0.05) is 18.2 Å². The van der Waals surface area contributed by atoms with Gasteiger partial charge in [-0.2, -0.15) is 9.78 Å². The fourth-order valence-electron chi connectivity index (χ4n) is 4.48. The van der Waals surface area contributed by atoms with Gasteiger partial charge in [0.15, 0.2) is 5.76 Å². The van der Waals surface area contributed by atoms with Crippen molar-refractivity contribution in [3.63, 3.8) is 0 Å². The predicted octanol–water partition coefficient (Wildman–Crippen LogP) is 5.86. The molecule has 6 rings (SSSR count). The van der Waals surface area contributed by atoms with E-state index in [0.717, 1.165) is 17.3 Å². The Balaban J connectivity index is 1.48. The Labute approximate surface area is 244 Å². The molecule has 6 aromatic rings. The van der Waals surface area contributed by atoms with Crippen LogP contribution >= 0.6 is 0 Å². The second kappa shape index (κ2) is 11.1. The zero-order chi connectivity index (χ0) is 30.1. The number of nitrogens with zero attached hydrogens (tertiary/aromatic N) is 6. The molecule has 214 valence electrons. The average molecular weight is 577 g/mol. The van der Waals surface area contributed by atoms with E-state index in [1.165, 1.54) is 23.0 Å². The van der Waals surface area contributed by atoms with E-state index in [0.29, 0.717) is 39.3 Å². The van der Waals surface area contributed by atoms with E-state index >= 15 is 0 Å². The summed E-state index contributed by atoms with van der Waals surface area (Å²) in [5.74, 6) is 1.66. The van der Waals surface area contributed by atoms with Crippen LogP contribution in [0, 0.1) is 10.1 Å². The van der Waals surface area contributed by atoms with Crippen molar-refractivity contribution in [2.24, 2.45) is 5.10 Å². The maximum absolute atomic E-state index is 13.7. The van der Waals surface area contributed by atoms with Crippen molar-refractivity contribution in [3.8, 4) is 29.0 Å². The molecule has 0 fully saturated rings. The van der Waals surface area contributed by atoms with Gasteiger partial charge in [-0.05, 0) is 42.5 Å². The third kappa shape index (κ3) is 5.24. The maximum atomic E-state index is 13.7. The second-order valence-electron chi connectivity index (χ2n) is 9.63. The number of anilines is 1. The number of hydrogen-bond acceptors (Lipinski definition) is 10. The highest BCUT2D eigenvalue weighted by molar-refractivity contribution is 5.89. The lowest BCUT2D eigenvalue weighted by atomic mass is 10.2. The van der Waals surface area contributed by atoms with E-state index in [-0.39, 0.29) is 17.4 Å². The second-order valence-corrected chi connectivity index (χ2v) is 9.63.